The number of nitrogens with zero attached hydrogens (tertiary/aromatic N) is 5. The van der Waals surface area contributed by atoms with E-state index in [1.807, 2.05) is 13.8 Å². The smallest absolute Gasteiger partial charge is 0.223 e. The predicted molar refractivity (Wildman–Crippen MR) is 97.4 cm³/mol. The topological polar surface area (TPSA) is 89.8 Å². The lowest BCUT2D eigenvalue weighted by Crippen LogP contribution is -2.53. The molecule has 7 heteroatoms. The minimum Gasteiger partial charge on any atom is -0.366 e. The summed E-state index contributed by atoms with van der Waals surface area (Å²) in [6.07, 6.45) is 4.27. The number of pyridine rings is 1. The van der Waals surface area contributed by atoms with Crippen molar-refractivity contribution in [2.24, 2.45) is 5.92 Å². The average molecular weight is 337 g/mol. The molecule has 2 N–H and O–H groups in total. The minimum absolute atomic E-state index is 0.206. The molecule has 3 aliphatic heterocycles. The molecular weight excluding hydrogens is 314 g/mol. The van der Waals surface area contributed by atoms with Crippen LogP contribution in [-0.2, 0) is 0 Å². The van der Waals surface area contributed by atoms with Crippen LogP contribution in [0, 0.1) is 17.2 Å². The Labute approximate surface area is 147 Å². The van der Waals surface area contributed by atoms with Crippen molar-refractivity contribution in [3.8, 4) is 6.07 Å². The number of nitriles is 1. The van der Waals surface area contributed by atoms with Crippen molar-refractivity contribution in [3.63, 3.8) is 0 Å². The van der Waals surface area contributed by atoms with Crippen molar-refractivity contribution in [1.29, 1.82) is 5.26 Å². The molecule has 3 saturated heterocycles. The molecule has 3 aliphatic rings. The second-order valence-electron chi connectivity index (χ2n) is 7.29. The highest BCUT2D eigenvalue weighted by Crippen LogP contribution is 2.29. The molecule has 7 nitrogen and oxygen atoms in total. The first-order valence-corrected chi connectivity index (χ1v) is 8.95. The van der Waals surface area contributed by atoms with E-state index in [2.05, 4.69) is 31.6 Å². The van der Waals surface area contributed by atoms with E-state index in [-0.39, 0.29) is 6.04 Å². The molecule has 0 spiro atoms. The summed E-state index contributed by atoms with van der Waals surface area (Å²) >= 11 is 0. The van der Waals surface area contributed by atoms with E-state index < -0.39 is 0 Å². The second-order valence-corrected chi connectivity index (χ2v) is 7.29. The molecule has 1 atom stereocenters. The van der Waals surface area contributed by atoms with Crippen LogP contribution in [0.3, 0.4) is 0 Å². The van der Waals surface area contributed by atoms with Crippen molar-refractivity contribution < 1.29 is 0 Å². The van der Waals surface area contributed by atoms with Crippen LogP contribution in [0.4, 0.5) is 11.8 Å². The van der Waals surface area contributed by atoms with Crippen LogP contribution >= 0.6 is 0 Å². The third kappa shape index (κ3) is 3.22. The zero-order chi connectivity index (χ0) is 17.4. The first-order chi connectivity index (χ1) is 12.1. The normalized spacial score (nSPS) is 25.1. The number of rotatable bonds is 4. The fourth-order valence-electron chi connectivity index (χ4n) is 3.83. The van der Waals surface area contributed by atoms with E-state index in [4.69, 9.17) is 4.98 Å². The molecule has 2 aromatic heterocycles. The van der Waals surface area contributed by atoms with Gasteiger partial charge in [-0.3, -0.25) is 0 Å². The van der Waals surface area contributed by atoms with Gasteiger partial charge in [0.25, 0.3) is 0 Å². The van der Waals surface area contributed by atoms with Crippen LogP contribution in [-0.4, -0.2) is 51.6 Å². The Hall–Kier alpha value is -2.46. The lowest BCUT2D eigenvalue weighted by atomic mass is 9.84. The summed E-state index contributed by atoms with van der Waals surface area (Å²) in [5.41, 5.74) is 1.13. The fourth-order valence-corrected chi connectivity index (χ4v) is 3.83. The zero-order valence-corrected chi connectivity index (χ0v) is 14.7. The summed E-state index contributed by atoms with van der Waals surface area (Å²) in [5, 5.41) is 16.8. The van der Waals surface area contributed by atoms with E-state index >= 15 is 0 Å². The van der Waals surface area contributed by atoms with E-state index in [1.54, 1.807) is 12.3 Å². The Morgan fingerprint density at radius 3 is 2.72 bits per heavy atom. The number of hydrogen-bond donors (Lipinski definition) is 2. The van der Waals surface area contributed by atoms with Gasteiger partial charge in [0.05, 0.1) is 0 Å². The molecule has 2 aromatic rings. The van der Waals surface area contributed by atoms with Crippen molar-refractivity contribution >= 4 is 22.7 Å². The number of piperidine rings is 3. The van der Waals surface area contributed by atoms with E-state index in [0.717, 1.165) is 17.4 Å². The van der Waals surface area contributed by atoms with Gasteiger partial charge >= 0.3 is 0 Å². The molecule has 25 heavy (non-hydrogen) atoms. The van der Waals surface area contributed by atoms with Gasteiger partial charge in [-0.25, -0.2) is 15.0 Å². The highest BCUT2D eigenvalue weighted by atomic mass is 15.2. The quantitative estimate of drug-likeness (QED) is 0.884. The minimum atomic E-state index is 0.206. The lowest BCUT2D eigenvalue weighted by Gasteiger charge is -2.44. The predicted octanol–water partition coefficient (Wildman–Crippen LogP) is 2.22. The van der Waals surface area contributed by atoms with Crippen molar-refractivity contribution in [1.82, 2.24) is 19.9 Å². The maximum Gasteiger partial charge on any atom is 0.223 e. The molecule has 5 rings (SSSR count). The summed E-state index contributed by atoms with van der Waals surface area (Å²) in [5.74, 6) is 1.99. The molecule has 0 aromatic carbocycles. The molecule has 130 valence electrons. The maximum absolute atomic E-state index is 9.19. The molecule has 2 bridgehead atoms. The lowest BCUT2D eigenvalue weighted by molar-refractivity contribution is 0.0972. The summed E-state index contributed by atoms with van der Waals surface area (Å²) in [6.45, 7) is 7.57. The van der Waals surface area contributed by atoms with Crippen LogP contribution in [0.2, 0.25) is 0 Å². The summed E-state index contributed by atoms with van der Waals surface area (Å²) in [7, 11) is 0. The van der Waals surface area contributed by atoms with Crippen LogP contribution in [0.5, 0.6) is 0 Å². The molecule has 0 aliphatic carbocycles. The Kier molecular flexibility index (Phi) is 4.14. The SMILES string of the molecule is CC(C)Nc1nc(C#N)cc2cnc(N[C@H]3CN4CCC3CC4)nc12. The number of aromatic nitrogens is 3. The summed E-state index contributed by atoms with van der Waals surface area (Å²) < 4.78 is 0. The van der Waals surface area contributed by atoms with Crippen molar-refractivity contribution in [2.45, 2.75) is 38.8 Å². The van der Waals surface area contributed by atoms with Crippen LogP contribution in [0.25, 0.3) is 10.9 Å². The fraction of sp³-hybridized carbons (Fsp3) is 0.556. The number of hydrogen-bond acceptors (Lipinski definition) is 7. The third-order valence-electron chi connectivity index (χ3n) is 5.08. The van der Waals surface area contributed by atoms with Crippen LogP contribution < -0.4 is 10.6 Å². The van der Waals surface area contributed by atoms with Gasteiger partial charge in [0, 0.05) is 30.2 Å². The molecule has 5 heterocycles. The van der Waals surface area contributed by atoms with Gasteiger partial charge in [0.1, 0.15) is 17.3 Å². The van der Waals surface area contributed by atoms with Crippen LogP contribution in [0.15, 0.2) is 12.3 Å². The van der Waals surface area contributed by atoms with Crippen LogP contribution in [0.1, 0.15) is 32.4 Å². The molecule has 0 unspecified atom stereocenters. The Bertz CT molecular complexity index is 818. The standard InChI is InChI=1S/C18H23N7/c1-11(2)21-17-16-13(7-14(8-19)22-17)9-20-18(24-16)23-15-10-25-5-3-12(15)4-6-25/h7,9,11-12,15H,3-6,10H2,1-2H3,(H,21,22)(H,20,23,24)/t15-/m0/s1. The molecule has 3 fully saturated rings. The highest BCUT2D eigenvalue weighted by Gasteiger charge is 2.34. The second kappa shape index (κ2) is 6.45. The van der Waals surface area contributed by atoms with E-state index in [1.165, 1.54) is 25.9 Å². The Morgan fingerprint density at radius 2 is 2.08 bits per heavy atom. The van der Waals surface area contributed by atoms with Gasteiger partial charge in [0.2, 0.25) is 5.95 Å². The van der Waals surface area contributed by atoms with Gasteiger partial charge in [-0.2, -0.15) is 5.26 Å². The van der Waals surface area contributed by atoms with Gasteiger partial charge in [-0.05, 0) is 51.8 Å². The Morgan fingerprint density at radius 1 is 1.28 bits per heavy atom. The number of nitrogens with one attached hydrogen (secondary N) is 2. The Balaban J connectivity index is 1.65. The monoisotopic (exact) mass is 337 g/mol. The largest absolute Gasteiger partial charge is 0.366 e. The van der Waals surface area contributed by atoms with Crippen molar-refractivity contribution in [3.05, 3.63) is 18.0 Å². The van der Waals surface area contributed by atoms with Gasteiger partial charge in [-0.15, -0.1) is 0 Å². The van der Waals surface area contributed by atoms with Gasteiger partial charge in [0.15, 0.2) is 5.82 Å². The number of fused-ring (bicyclic) bond motifs is 4. The molecule has 0 saturated carbocycles. The zero-order valence-electron chi connectivity index (χ0n) is 14.7. The summed E-state index contributed by atoms with van der Waals surface area (Å²) in [4.78, 5) is 16.1. The maximum atomic E-state index is 9.19. The average Bonchev–Trinajstić information content (AvgIpc) is 2.62. The highest BCUT2D eigenvalue weighted by molar-refractivity contribution is 5.89. The van der Waals surface area contributed by atoms with E-state index in [0.29, 0.717) is 29.4 Å². The van der Waals surface area contributed by atoms with Gasteiger partial charge < -0.3 is 15.5 Å². The van der Waals surface area contributed by atoms with Gasteiger partial charge in [-0.1, -0.05) is 0 Å². The number of anilines is 2. The molecule has 0 amide bonds. The first kappa shape index (κ1) is 16.0. The third-order valence-corrected chi connectivity index (χ3v) is 5.08. The molecular formula is C18H23N7. The van der Waals surface area contributed by atoms with E-state index in [9.17, 15) is 5.26 Å². The first-order valence-electron chi connectivity index (χ1n) is 8.95. The summed E-state index contributed by atoms with van der Waals surface area (Å²) in [6, 6.07) is 4.45. The molecule has 0 radical (unpaired) electrons. The van der Waals surface area contributed by atoms with Crippen molar-refractivity contribution in [2.75, 3.05) is 30.3 Å².